The summed E-state index contributed by atoms with van der Waals surface area (Å²) >= 11 is 3.75. The van der Waals surface area contributed by atoms with Gasteiger partial charge < -0.3 is 26.6 Å². The highest BCUT2D eigenvalue weighted by Crippen LogP contribution is 1.97. The van der Waals surface area contributed by atoms with Crippen molar-refractivity contribution in [3.05, 3.63) is 0 Å². The van der Waals surface area contributed by atoms with Crippen LogP contribution >= 0.6 is 12.6 Å². The maximum Gasteiger partial charge on any atom is 0.327 e. The third kappa shape index (κ3) is 6.38. The number of rotatable bonds is 8. The molecule has 0 aliphatic heterocycles. The monoisotopic (exact) mass is 307 g/mol. The first-order valence-electron chi connectivity index (χ1n) is 5.60. The van der Waals surface area contributed by atoms with Crippen LogP contribution in [0, 0.1) is 0 Å². The molecule has 0 bridgehead atoms. The lowest BCUT2D eigenvalue weighted by atomic mass is 10.1. The van der Waals surface area contributed by atoms with Crippen molar-refractivity contribution in [1.82, 2.24) is 10.6 Å². The molecule has 3 atom stereocenters. The van der Waals surface area contributed by atoms with E-state index < -0.39 is 48.3 Å². The predicted octanol–water partition coefficient (Wildman–Crippen LogP) is -2.21. The van der Waals surface area contributed by atoms with Gasteiger partial charge in [-0.15, -0.1) is 0 Å². The van der Waals surface area contributed by atoms with Crippen molar-refractivity contribution in [3.8, 4) is 0 Å². The van der Waals surface area contributed by atoms with Gasteiger partial charge in [-0.1, -0.05) is 0 Å². The van der Waals surface area contributed by atoms with Crippen LogP contribution in [0.3, 0.4) is 0 Å². The summed E-state index contributed by atoms with van der Waals surface area (Å²) in [6, 6.07) is -3.62. The Morgan fingerprint density at radius 3 is 1.95 bits per heavy atom. The molecule has 0 fully saturated rings. The summed E-state index contributed by atoms with van der Waals surface area (Å²) in [5, 5.41) is 21.7. The van der Waals surface area contributed by atoms with E-state index >= 15 is 0 Å². The molecule has 0 aliphatic rings. The molecule has 2 amide bonds. The smallest absolute Gasteiger partial charge is 0.327 e. The van der Waals surface area contributed by atoms with Gasteiger partial charge in [0.25, 0.3) is 0 Å². The number of hydrogen-bond donors (Lipinski definition) is 6. The fraction of sp³-hybridized carbons (Fsp3) is 0.600. The minimum Gasteiger partial charge on any atom is -0.481 e. The van der Waals surface area contributed by atoms with Crippen LogP contribution in [0.4, 0.5) is 0 Å². The molecule has 0 heterocycles. The van der Waals surface area contributed by atoms with E-state index in [1.54, 1.807) is 0 Å². The number of aliphatic carboxylic acids is 2. The molecule has 0 aromatic heterocycles. The highest BCUT2D eigenvalue weighted by molar-refractivity contribution is 7.80. The second-order valence-electron chi connectivity index (χ2n) is 4.03. The number of amides is 2. The molecule has 0 aliphatic carbocycles. The van der Waals surface area contributed by atoms with Gasteiger partial charge >= 0.3 is 11.9 Å². The van der Waals surface area contributed by atoms with Crippen LogP contribution in [0.5, 0.6) is 0 Å². The van der Waals surface area contributed by atoms with Crippen LogP contribution in [-0.2, 0) is 19.2 Å². The van der Waals surface area contributed by atoms with Crippen LogP contribution in [0.1, 0.15) is 13.3 Å². The van der Waals surface area contributed by atoms with Gasteiger partial charge in [-0.2, -0.15) is 12.6 Å². The molecule has 3 unspecified atom stereocenters. The maximum absolute atomic E-state index is 11.8. The SMILES string of the molecule is CC(N)C(=O)NC(CC(=O)O)C(=O)NC(CS)C(=O)O. The molecule has 0 spiro atoms. The van der Waals surface area contributed by atoms with Crippen LogP contribution in [0.2, 0.25) is 0 Å². The third-order valence-electron chi connectivity index (χ3n) is 2.22. The summed E-state index contributed by atoms with van der Waals surface area (Å²) in [5.74, 6) is -4.47. The van der Waals surface area contributed by atoms with E-state index in [9.17, 15) is 19.2 Å². The minimum absolute atomic E-state index is 0.178. The lowest BCUT2D eigenvalue weighted by Gasteiger charge is -2.20. The number of hydrogen-bond acceptors (Lipinski definition) is 6. The van der Waals surface area contributed by atoms with Gasteiger partial charge in [0.1, 0.15) is 12.1 Å². The van der Waals surface area contributed by atoms with Crippen molar-refractivity contribution in [2.24, 2.45) is 5.73 Å². The first kappa shape index (κ1) is 18.2. The summed E-state index contributed by atoms with van der Waals surface area (Å²) in [6.45, 7) is 1.36. The third-order valence-corrected chi connectivity index (χ3v) is 2.59. The van der Waals surface area contributed by atoms with Crippen molar-refractivity contribution in [1.29, 1.82) is 0 Å². The molecule has 9 nitrogen and oxygen atoms in total. The molecular formula is C10H17N3O6S. The fourth-order valence-corrected chi connectivity index (χ4v) is 1.39. The van der Waals surface area contributed by atoms with Crippen molar-refractivity contribution < 1.29 is 29.4 Å². The Balaban J connectivity index is 4.84. The molecule has 0 rings (SSSR count). The Bertz CT molecular complexity index is 400. The van der Waals surface area contributed by atoms with E-state index in [0.717, 1.165) is 0 Å². The second-order valence-corrected chi connectivity index (χ2v) is 4.39. The molecule has 6 N–H and O–H groups in total. The molecule has 0 radical (unpaired) electrons. The van der Waals surface area contributed by atoms with Gasteiger partial charge in [0.15, 0.2) is 0 Å². The van der Waals surface area contributed by atoms with Crippen LogP contribution in [0.25, 0.3) is 0 Å². The number of nitrogens with one attached hydrogen (secondary N) is 2. The van der Waals surface area contributed by atoms with Gasteiger partial charge in [-0.25, -0.2) is 4.79 Å². The van der Waals surface area contributed by atoms with Gasteiger partial charge in [-0.05, 0) is 6.92 Å². The average Bonchev–Trinajstić information content (AvgIpc) is 2.33. The summed E-state index contributed by atoms with van der Waals surface area (Å²) < 4.78 is 0. The van der Waals surface area contributed by atoms with E-state index in [2.05, 4.69) is 23.3 Å². The molecule has 20 heavy (non-hydrogen) atoms. The van der Waals surface area contributed by atoms with E-state index in [1.165, 1.54) is 6.92 Å². The van der Waals surface area contributed by atoms with Crippen LogP contribution in [0.15, 0.2) is 0 Å². The average molecular weight is 307 g/mol. The van der Waals surface area contributed by atoms with Crippen molar-refractivity contribution in [2.75, 3.05) is 5.75 Å². The fourth-order valence-electron chi connectivity index (χ4n) is 1.14. The van der Waals surface area contributed by atoms with Gasteiger partial charge in [0.2, 0.25) is 11.8 Å². The Hall–Kier alpha value is -1.81. The van der Waals surface area contributed by atoms with Gasteiger partial charge in [-0.3, -0.25) is 14.4 Å². The minimum atomic E-state index is -1.41. The lowest BCUT2D eigenvalue weighted by Crippen LogP contribution is -2.55. The van der Waals surface area contributed by atoms with Crippen molar-refractivity contribution in [3.63, 3.8) is 0 Å². The van der Waals surface area contributed by atoms with Crippen molar-refractivity contribution >= 4 is 36.4 Å². The van der Waals surface area contributed by atoms with E-state index in [1.807, 2.05) is 0 Å². The first-order valence-corrected chi connectivity index (χ1v) is 6.24. The topological polar surface area (TPSA) is 159 Å². The number of carbonyl (C=O) groups excluding carboxylic acids is 2. The lowest BCUT2D eigenvalue weighted by molar-refractivity contribution is -0.142. The normalized spacial score (nSPS) is 14.8. The summed E-state index contributed by atoms with van der Waals surface area (Å²) in [4.78, 5) is 44.6. The Kier molecular flexibility index (Phi) is 7.62. The summed E-state index contributed by atoms with van der Waals surface area (Å²) in [5.41, 5.74) is 5.29. The quantitative estimate of drug-likeness (QED) is 0.277. The molecule has 10 heteroatoms. The zero-order valence-electron chi connectivity index (χ0n) is 10.7. The number of nitrogens with two attached hydrogens (primary N) is 1. The van der Waals surface area contributed by atoms with Crippen LogP contribution in [-0.4, -0.2) is 57.8 Å². The van der Waals surface area contributed by atoms with E-state index in [-0.39, 0.29) is 5.75 Å². The zero-order valence-corrected chi connectivity index (χ0v) is 11.6. The molecule has 114 valence electrons. The standard InChI is InChI=1S/C10H17N3O6S/c1-4(11)8(16)12-5(2-7(14)15)9(17)13-6(3-20)10(18)19/h4-6,20H,2-3,11H2,1H3,(H,12,16)(H,13,17)(H,14,15)(H,18,19). The Morgan fingerprint density at radius 2 is 1.60 bits per heavy atom. The van der Waals surface area contributed by atoms with Crippen molar-refractivity contribution in [2.45, 2.75) is 31.5 Å². The highest BCUT2D eigenvalue weighted by atomic mass is 32.1. The molecule has 0 saturated carbocycles. The number of thiol groups is 1. The second kappa shape index (κ2) is 8.38. The highest BCUT2D eigenvalue weighted by Gasteiger charge is 2.28. The van der Waals surface area contributed by atoms with Gasteiger partial charge in [0, 0.05) is 5.75 Å². The van der Waals surface area contributed by atoms with Gasteiger partial charge in [0.05, 0.1) is 12.5 Å². The molecule has 0 aromatic rings. The number of carboxylic acid groups (broad SMARTS) is 2. The number of carboxylic acids is 2. The molecule has 0 aromatic carbocycles. The Labute approximate surface area is 120 Å². The van der Waals surface area contributed by atoms with E-state index in [0.29, 0.717) is 0 Å². The largest absolute Gasteiger partial charge is 0.481 e. The number of carbonyl (C=O) groups is 4. The molecule has 0 saturated heterocycles. The molecular weight excluding hydrogens is 290 g/mol. The van der Waals surface area contributed by atoms with E-state index in [4.69, 9.17) is 15.9 Å². The summed E-state index contributed by atoms with van der Waals surface area (Å²) in [7, 11) is 0. The van der Waals surface area contributed by atoms with Crippen LogP contribution < -0.4 is 16.4 Å². The summed E-state index contributed by atoms with van der Waals surface area (Å²) in [6.07, 6.45) is -0.691. The maximum atomic E-state index is 11.8. The predicted molar refractivity (Wildman–Crippen MR) is 71.3 cm³/mol. The Morgan fingerprint density at radius 1 is 1.10 bits per heavy atom. The first-order chi connectivity index (χ1) is 9.18. The zero-order chi connectivity index (χ0) is 15.9.